The molecule has 0 aromatic heterocycles. The Morgan fingerprint density at radius 2 is 1.39 bits per heavy atom. The van der Waals surface area contributed by atoms with Gasteiger partial charge in [0.1, 0.15) is 22.7 Å². The molecule has 0 amide bonds. The Morgan fingerprint density at radius 3 is 1.95 bits per heavy atom. The van der Waals surface area contributed by atoms with Gasteiger partial charge < -0.3 is 30.6 Å². The van der Waals surface area contributed by atoms with Crippen LogP contribution >= 0.6 is 0 Å². The Balaban J connectivity index is 1.67. The molecule has 0 bridgehead atoms. The number of carbonyl (C=O) groups excluding carboxylic acids is 2. The van der Waals surface area contributed by atoms with Crippen LogP contribution < -0.4 is 0 Å². The number of Topliss-reactive ketones (excluding diaryl/α,β-unsaturated/α-hetero) is 2. The van der Waals surface area contributed by atoms with Crippen LogP contribution in [-0.2, 0) is 20.8 Å². The van der Waals surface area contributed by atoms with Crippen molar-refractivity contribution >= 4 is 23.3 Å². The summed E-state index contributed by atoms with van der Waals surface area (Å²) < 4.78 is 0. The van der Waals surface area contributed by atoms with Crippen molar-refractivity contribution in [1.29, 1.82) is 0 Å². The highest BCUT2D eigenvalue weighted by atomic mass is 16.4. The molecule has 0 aliphatic heterocycles. The minimum atomic E-state index is -3.20. The summed E-state index contributed by atoms with van der Waals surface area (Å²) in [7, 11) is 0. The minimum absolute atomic E-state index is 0.00314. The second kappa shape index (κ2) is 8.63. The van der Waals surface area contributed by atoms with E-state index in [9.17, 15) is 45.0 Å². The van der Waals surface area contributed by atoms with Gasteiger partial charge in [-0.3, -0.25) is 9.59 Å². The first-order chi connectivity index (χ1) is 19.3. The number of phenolic OH excluding ortho intramolecular Hbond substituents is 1. The lowest BCUT2D eigenvalue weighted by molar-refractivity contribution is -0.192. The molecule has 208 valence electrons. The molecule has 6 rings (SSSR count). The summed E-state index contributed by atoms with van der Waals surface area (Å²) >= 11 is 0. The zero-order valence-corrected chi connectivity index (χ0v) is 21.9. The molecule has 9 heteroatoms. The SMILES string of the molecule is C[C@]12Cc3c(-c4ccccc4)cc(-c4ccccc4)c(O)c3C(O)=C1C(=O)[C@@]1(O)C(O)=C(C(=O)O)C(=O)C[C@@]1(O)C2. The van der Waals surface area contributed by atoms with Gasteiger partial charge in [0.15, 0.2) is 11.5 Å². The van der Waals surface area contributed by atoms with Crippen LogP contribution in [0.4, 0.5) is 0 Å². The van der Waals surface area contributed by atoms with E-state index in [0.29, 0.717) is 22.3 Å². The van der Waals surface area contributed by atoms with Gasteiger partial charge in [0.25, 0.3) is 0 Å². The molecule has 1 fully saturated rings. The van der Waals surface area contributed by atoms with Crippen molar-refractivity contribution in [1.82, 2.24) is 0 Å². The molecule has 41 heavy (non-hydrogen) atoms. The fourth-order valence-corrected chi connectivity index (χ4v) is 6.86. The molecule has 6 N–H and O–H groups in total. The third kappa shape index (κ3) is 3.46. The van der Waals surface area contributed by atoms with Crippen LogP contribution in [-0.4, -0.2) is 59.4 Å². The van der Waals surface area contributed by atoms with Crippen molar-refractivity contribution in [3.8, 4) is 28.0 Å². The van der Waals surface area contributed by atoms with Crippen molar-refractivity contribution in [2.75, 3.05) is 0 Å². The second-order valence-electron chi connectivity index (χ2n) is 11.2. The average Bonchev–Trinajstić information content (AvgIpc) is 2.91. The predicted octanol–water partition coefficient (Wildman–Crippen LogP) is 3.86. The first-order valence-electron chi connectivity index (χ1n) is 13.0. The molecular formula is C32H26O9. The molecule has 3 atom stereocenters. The molecule has 0 saturated heterocycles. The van der Waals surface area contributed by atoms with Crippen LogP contribution in [0, 0.1) is 5.41 Å². The molecule has 3 aromatic carbocycles. The van der Waals surface area contributed by atoms with Gasteiger partial charge in [0.2, 0.25) is 11.4 Å². The maximum Gasteiger partial charge on any atom is 0.342 e. The number of rotatable bonds is 3. The minimum Gasteiger partial charge on any atom is -0.508 e. The Hall–Kier alpha value is -4.73. The first kappa shape index (κ1) is 26.5. The van der Waals surface area contributed by atoms with E-state index in [1.807, 2.05) is 36.4 Å². The maximum atomic E-state index is 14.0. The molecule has 0 spiro atoms. The highest BCUT2D eigenvalue weighted by molar-refractivity contribution is 6.22. The number of aromatic hydroxyl groups is 1. The quantitative estimate of drug-likeness (QED) is 0.263. The molecule has 0 radical (unpaired) electrons. The third-order valence-corrected chi connectivity index (χ3v) is 8.66. The van der Waals surface area contributed by atoms with E-state index in [2.05, 4.69) is 0 Å². The molecule has 1 saturated carbocycles. The lowest BCUT2D eigenvalue weighted by atomic mass is 9.51. The van der Waals surface area contributed by atoms with Gasteiger partial charge in [-0.05, 0) is 41.2 Å². The van der Waals surface area contributed by atoms with Gasteiger partial charge in [-0.1, -0.05) is 67.6 Å². The standard InChI is InChI=1S/C32H26O9/c1-30-13-20-18(16-8-4-2-5-9-16)12-19(17-10-6-3-7-11-17)25(34)22(20)26(35)24(30)28(37)32(41)27(36)23(29(38)39)21(33)14-31(32,40)15-30/h2-12,34-36,40-41H,13-15H2,1H3,(H,38,39)/t30-,31-,32+/m1/s1. The molecular weight excluding hydrogens is 528 g/mol. The number of ketones is 2. The summed E-state index contributed by atoms with van der Waals surface area (Å²) in [5.74, 6) is -6.80. The van der Waals surface area contributed by atoms with Crippen LogP contribution in [0.5, 0.6) is 5.75 Å². The van der Waals surface area contributed by atoms with Gasteiger partial charge in [-0.25, -0.2) is 4.79 Å². The van der Waals surface area contributed by atoms with E-state index in [-0.39, 0.29) is 23.3 Å². The van der Waals surface area contributed by atoms with Crippen molar-refractivity contribution < 1.29 is 45.0 Å². The summed E-state index contributed by atoms with van der Waals surface area (Å²) in [4.78, 5) is 38.4. The number of carboxylic acids is 1. The number of benzene rings is 3. The number of aliphatic carboxylic acids is 1. The number of carboxylic acid groups (broad SMARTS) is 1. The second-order valence-corrected chi connectivity index (χ2v) is 11.2. The smallest absolute Gasteiger partial charge is 0.342 e. The van der Waals surface area contributed by atoms with Crippen LogP contribution in [0.2, 0.25) is 0 Å². The molecule has 0 heterocycles. The normalized spacial score (nSPS) is 27.3. The number of hydrogen-bond acceptors (Lipinski definition) is 8. The van der Waals surface area contributed by atoms with Gasteiger partial charge >= 0.3 is 5.97 Å². The molecule has 3 aromatic rings. The monoisotopic (exact) mass is 554 g/mol. The third-order valence-electron chi connectivity index (χ3n) is 8.66. The van der Waals surface area contributed by atoms with Crippen molar-refractivity contribution in [2.24, 2.45) is 5.41 Å². The highest BCUT2D eigenvalue weighted by Gasteiger charge is 2.70. The first-order valence-corrected chi connectivity index (χ1v) is 13.0. The van der Waals surface area contributed by atoms with Crippen molar-refractivity contribution in [2.45, 2.75) is 37.4 Å². The van der Waals surface area contributed by atoms with E-state index in [0.717, 1.165) is 5.56 Å². The zero-order valence-electron chi connectivity index (χ0n) is 21.9. The van der Waals surface area contributed by atoms with Crippen molar-refractivity contribution in [3.63, 3.8) is 0 Å². The number of aliphatic hydroxyl groups excluding tert-OH is 2. The largest absolute Gasteiger partial charge is 0.508 e. The average molecular weight is 555 g/mol. The van der Waals surface area contributed by atoms with Crippen LogP contribution in [0.1, 0.15) is 30.9 Å². The number of carbonyl (C=O) groups is 3. The zero-order chi connectivity index (χ0) is 29.5. The number of phenols is 1. The maximum absolute atomic E-state index is 14.0. The van der Waals surface area contributed by atoms with Gasteiger partial charge in [-0.15, -0.1) is 0 Å². The molecule has 3 aliphatic carbocycles. The van der Waals surface area contributed by atoms with Gasteiger partial charge in [0.05, 0.1) is 5.56 Å². The summed E-state index contributed by atoms with van der Waals surface area (Å²) in [6, 6.07) is 19.9. The van der Waals surface area contributed by atoms with Crippen LogP contribution in [0.3, 0.4) is 0 Å². The molecule has 9 nitrogen and oxygen atoms in total. The van der Waals surface area contributed by atoms with E-state index < -0.39 is 64.1 Å². The van der Waals surface area contributed by atoms with Gasteiger partial charge in [0, 0.05) is 23.0 Å². The lowest BCUT2D eigenvalue weighted by Gasteiger charge is -2.55. The fourth-order valence-electron chi connectivity index (χ4n) is 6.86. The Morgan fingerprint density at radius 1 is 0.829 bits per heavy atom. The van der Waals surface area contributed by atoms with Crippen molar-refractivity contribution in [3.05, 3.63) is 94.8 Å². The number of aliphatic hydroxyl groups is 4. The molecule has 0 unspecified atom stereocenters. The summed E-state index contributed by atoms with van der Waals surface area (Å²) in [5, 5.41) is 66.7. The van der Waals surface area contributed by atoms with E-state index in [1.54, 1.807) is 37.3 Å². The van der Waals surface area contributed by atoms with Crippen LogP contribution in [0.15, 0.2) is 83.6 Å². The Bertz CT molecular complexity index is 1740. The summed E-state index contributed by atoms with van der Waals surface area (Å²) in [6.45, 7) is 1.58. The predicted molar refractivity (Wildman–Crippen MR) is 147 cm³/mol. The van der Waals surface area contributed by atoms with Crippen LogP contribution in [0.25, 0.3) is 28.0 Å². The summed E-state index contributed by atoms with van der Waals surface area (Å²) in [6.07, 6.45) is -1.40. The number of fused-ring (bicyclic) bond motifs is 3. The Labute approximate surface area is 234 Å². The Kier molecular flexibility index (Phi) is 5.58. The number of hydrogen-bond donors (Lipinski definition) is 6. The van der Waals surface area contributed by atoms with E-state index in [4.69, 9.17) is 0 Å². The van der Waals surface area contributed by atoms with E-state index >= 15 is 0 Å². The van der Waals surface area contributed by atoms with Gasteiger partial charge in [-0.2, -0.15) is 0 Å². The molecule has 3 aliphatic rings. The summed E-state index contributed by atoms with van der Waals surface area (Å²) in [5.41, 5.74) is -5.87. The fraction of sp³-hybridized carbons (Fsp3) is 0.219. The van der Waals surface area contributed by atoms with E-state index in [1.165, 1.54) is 0 Å². The topological polar surface area (TPSA) is 173 Å². The lowest BCUT2D eigenvalue weighted by Crippen LogP contribution is -2.70. The highest BCUT2D eigenvalue weighted by Crippen LogP contribution is 2.60.